The predicted octanol–water partition coefficient (Wildman–Crippen LogP) is 2.67. The number of rotatable bonds is 10. The number of hydrogen-bond acceptors (Lipinski definition) is 4. The van der Waals surface area contributed by atoms with Crippen LogP contribution >= 0.6 is 0 Å². The molecule has 8 heteroatoms. The van der Waals surface area contributed by atoms with Gasteiger partial charge in [0.1, 0.15) is 12.6 Å². The molecule has 2 aromatic carbocycles. The van der Waals surface area contributed by atoms with Gasteiger partial charge in [0, 0.05) is 13.1 Å². The molecule has 1 N–H and O–H groups in total. The first-order chi connectivity index (χ1) is 15.1. The Balaban J connectivity index is 2.34. The number of amides is 2. The second-order valence-corrected chi connectivity index (χ2v) is 9.79. The van der Waals surface area contributed by atoms with Crippen LogP contribution in [0.1, 0.15) is 30.5 Å². The first-order valence-corrected chi connectivity index (χ1v) is 12.6. The van der Waals surface area contributed by atoms with Gasteiger partial charge in [-0.1, -0.05) is 42.5 Å². The summed E-state index contributed by atoms with van der Waals surface area (Å²) >= 11 is 0. The van der Waals surface area contributed by atoms with Crippen LogP contribution in [-0.2, 0) is 26.0 Å². The van der Waals surface area contributed by atoms with Crippen molar-refractivity contribution >= 4 is 27.5 Å². The average Bonchev–Trinajstić information content (AvgIpc) is 2.74. The third kappa shape index (κ3) is 6.56. The molecule has 0 bridgehead atoms. The molecule has 0 heterocycles. The zero-order valence-electron chi connectivity index (χ0n) is 19.5. The lowest BCUT2D eigenvalue weighted by molar-refractivity contribution is -0.138. The van der Waals surface area contributed by atoms with Crippen LogP contribution in [0.5, 0.6) is 0 Å². The molecule has 174 valence electrons. The molecule has 0 aliphatic heterocycles. The van der Waals surface area contributed by atoms with E-state index in [-0.39, 0.29) is 12.5 Å². The summed E-state index contributed by atoms with van der Waals surface area (Å²) < 4.78 is 26.4. The van der Waals surface area contributed by atoms with E-state index >= 15 is 0 Å². The molecule has 2 rings (SSSR count). The Labute approximate surface area is 191 Å². The van der Waals surface area contributed by atoms with E-state index in [4.69, 9.17) is 0 Å². The molecule has 2 amide bonds. The summed E-state index contributed by atoms with van der Waals surface area (Å²) in [6.07, 6.45) is 1.64. The quantitative estimate of drug-likeness (QED) is 0.592. The Morgan fingerprint density at radius 3 is 2.28 bits per heavy atom. The van der Waals surface area contributed by atoms with Gasteiger partial charge in [0.05, 0.1) is 11.9 Å². The van der Waals surface area contributed by atoms with Gasteiger partial charge in [-0.2, -0.15) is 0 Å². The van der Waals surface area contributed by atoms with Crippen molar-refractivity contribution in [3.05, 3.63) is 65.2 Å². The molecule has 0 radical (unpaired) electrons. The van der Waals surface area contributed by atoms with Gasteiger partial charge >= 0.3 is 0 Å². The molecule has 0 unspecified atom stereocenters. The fourth-order valence-electron chi connectivity index (χ4n) is 3.49. The fraction of sp³-hybridized carbons (Fsp3) is 0.417. The van der Waals surface area contributed by atoms with Crippen LogP contribution in [0, 0.1) is 13.8 Å². The summed E-state index contributed by atoms with van der Waals surface area (Å²) in [6.45, 7) is 7.57. The summed E-state index contributed by atoms with van der Waals surface area (Å²) in [5.74, 6) is -0.697. The number of hydrogen-bond donors (Lipinski definition) is 1. The molecule has 0 spiro atoms. The number of carbonyl (C=O) groups is 2. The Hall–Kier alpha value is -2.87. The number of anilines is 1. The third-order valence-electron chi connectivity index (χ3n) is 5.53. The highest BCUT2D eigenvalue weighted by atomic mass is 32.2. The van der Waals surface area contributed by atoms with Gasteiger partial charge in [-0.3, -0.25) is 13.9 Å². The lowest BCUT2D eigenvalue weighted by Gasteiger charge is -2.32. The minimum absolute atomic E-state index is 0.272. The maximum Gasteiger partial charge on any atom is 0.244 e. The first kappa shape index (κ1) is 25.4. The van der Waals surface area contributed by atoms with Crippen molar-refractivity contribution in [2.24, 2.45) is 0 Å². The third-order valence-corrected chi connectivity index (χ3v) is 6.65. The van der Waals surface area contributed by atoms with Crippen molar-refractivity contribution in [1.82, 2.24) is 10.2 Å². The number of benzene rings is 2. The number of nitrogens with one attached hydrogen (secondary N) is 1. The molecule has 0 fully saturated rings. The van der Waals surface area contributed by atoms with Crippen molar-refractivity contribution in [3.63, 3.8) is 0 Å². The van der Waals surface area contributed by atoms with Crippen LogP contribution in [-0.4, -0.2) is 57.1 Å². The summed E-state index contributed by atoms with van der Waals surface area (Å²) in [7, 11) is -3.72. The number of likely N-dealkylation sites (N-methyl/N-ethyl adjacent to an activating group) is 1. The molecule has 0 saturated carbocycles. The first-order valence-electron chi connectivity index (χ1n) is 10.7. The van der Waals surface area contributed by atoms with Gasteiger partial charge in [0.2, 0.25) is 21.8 Å². The van der Waals surface area contributed by atoms with Gasteiger partial charge in [-0.15, -0.1) is 0 Å². The predicted molar refractivity (Wildman–Crippen MR) is 128 cm³/mol. The van der Waals surface area contributed by atoms with E-state index < -0.39 is 22.0 Å². The standard InChI is InChI=1S/C24H33N3O4S/c1-6-25-24(29)20(4)26(16-15-21-12-8-7-9-13-21)23(28)17-27(32(5,30)31)22-14-10-11-18(2)19(22)3/h7-14,20H,6,15-17H2,1-5H3,(H,25,29)/t20-/m1/s1. The Bertz CT molecular complexity index is 1040. The van der Waals surface area contributed by atoms with Gasteiger partial charge in [0.15, 0.2) is 0 Å². The van der Waals surface area contributed by atoms with E-state index in [9.17, 15) is 18.0 Å². The molecule has 7 nitrogen and oxygen atoms in total. The van der Waals surface area contributed by atoms with Gasteiger partial charge in [-0.05, 0) is 56.9 Å². The lowest BCUT2D eigenvalue weighted by atomic mass is 10.1. The number of sulfonamides is 1. The highest BCUT2D eigenvalue weighted by Gasteiger charge is 2.30. The van der Waals surface area contributed by atoms with Crippen molar-refractivity contribution in [3.8, 4) is 0 Å². The topological polar surface area (TPSA) is 86.8 Å². The largest absolute Gasteiger partial charge is 0.355 e. The van der Waals surface area contributed by atoms with Crippen LogP contribution < -0.4 is 9.62 Å². The number of nitrogens with zero attached hydrogens (tertiary/aromatic N) is 2. The van der Waals surface area contributed by atoms with E-state index in [2.05, 4.69) is 5.32 Å². The molecule has 2 aromatic rings. The fourth-order valence-corrected chi connectivity index (χ4v) is 4.39. The van der Waals surface area contributed by atoms with Crippen molar-refractivity contribution in [1.29, 1.82) is 0 Å². The van der Waals surface area contributed by atoms with E-state index in [1.807, 2.05) is 57.2 Å². The van der Waals surface area contributed by atoms with Crippen LogP contribution in [0.15, 0.2) is 48.5 Å². The van der Waals surface area contributed by atoms with Gasteiger partial charge < -0.3 is 10.2 Å². The van der Waals surface area contributed by atoms with Gasteiger partial charge in [0.25, 0.3) is 0 Å². The zero-order chi connectivity index (χ0) is 23.9. The zero-order valence-corrected chi connectivity index (χ0v) is 20.3. The number of carbonyl (C=O) groups excluding carboxylic acids is 2. The molecule has 1 atom stereocenters. The Morgan fingerprint density at radius 2 is 1.69 bits per heavy atom. The minimum Gasteiger partial charge on any atom is -0.355 e. The molecule has 0 aromatic heterocycles. The molecule has 0 aliphatic rings. The smallest absolute Gasteiger partial charge is 0.244 e. The average molecular weight is 460 g/mol. The van der Waals surface area contributed by atoms with E-state index in [0.29, 0.717) is 25.2 Å². The maximum absolute atomic E-state index is 13.4. The minimum atomic E-state index is -3.72. The van der Waals surface area contributed by atoms with Crippen LogP contribution in [0.3, 0.4) is 0 Å². The summed E-state index contributed by atoms with van der Waals surface area (Å²) in [4.78, 5) is 27.4. The van der Waals surface area contributed by atoms with Crippen LogP contribution in [0.4, 0.5) is 5.69 Å². The Kier molecular flexibility index (Phi) is 8.83. The van der Waals surface area contributed by atoms with Gasteiger partial charge in [-0.25, -0.2) is 8.42 Å². The van der Waals surface area contributed by atoms with Crippen molar-refractivity contribution < 1.29 is 18.0 Å². The molecule has 0 saturated heterocycles. The normalized spacial score (nSPS) is 12.2. The second kappa shape index (κ2) is 11.1. The molecular formula is C24H33N3O4S. The van der Waals surface area contributed by atoms with E-state index in [0.717, 1.165) is 27.3 Å². The SMILES string of the molecule is CCNC(=O)[C@@H](C)N(CCc1ccccc1)C(=O)CN(c1cccc(C)c1C)S(C)(=O)=O. The summed E-state index contributed by atoms with van der Waals surface area (Å²) in [6, 6.07) is 14.3. The number of aryl methyl sites for hydroxylation is 1. The van der Waals surface area contributed by atoms with Crippen LogP contribution in [0.2, 0.25) is 0 Å². The van der Waals surface area contributed by atoms with Crippen molar-refractivity contribution in [2.45, 2.75) is 40.2 Å². The molecule has 32 heavy (non-hydrogen) atoms. The van der Waals surface area contributed by atoms with E-state index in [1.54, 1.807) is 19.1 Å². The summed E-state index contributed by atoms with van der Waals surface area (Å²) in [5, 5.41) is 2.75. The maximum atomic E-state index is 13.4. The van der Waals surface area contributed by atoms with E-state index in [1.165, 1.54) is 4.90 Å². The lowest BCUT2D eigenvalue weighted by Crippen LogP contribution is -2.52. The molecular weight excluding hydrogens is 426 g/mol. The highest BCUT2D eigenvalue weighted by molar-refractivity contribution is 7.92. The van der Waals surface area contributed by atoms with Crippen LogP contribution in [0.25, 0.3) is 0 Å². The highest BCUT2D eigenvalue weighted by Crippen LogP contribution is 2.25. The van der Waals surface area contributed by atoms with Crippen molar-refractivity contribution in [2.75, 3.05) is 30.2 Å². The Morgan fingerprint density at radius 1 is 1.03 bits per heavy atom. The summed E-state index contributed by atoms with van der Waals surface area (Å²) in [5.41, 5.74) is 3.22. The molecule has 0 aliphatic carbocycles. The second-order valence-electron chi connectivity index (χ2n) is 7.88. The monoisotopic (exact) mass is 459 g/mol.